The van der Waals surface area contributed by atoms with E-state index in [-0.39, 0.29) is 23.6 Å². The Morgan fingerprint density at radius 1 is 1.06 bits per heavy atom. The summed E-state index contributed by atoms with van der Waals surface area (Å²) in [4.78, 5) is 26.3. The second-order valence-corrected chi connectivity index (χ2v) is 10.5. The second kappa shape index (κ2) is 10.6. The third-order valence-corrected chi connectivity index (χ3v) is 5.78. The Bertz CT molecular complexity index is 1100. The predicted molar refractivity (Wildman–Crippen MR) is 124 cm³/mol. The number of rotatable bonds is 8. The van der Waals surface area contributed by atoms with E-state index in [4.69, 9.17) is 4.74 Å². The van der Waals surface area contributed by atoms with Crippen molar-refractivity contribution in [2.75, 3.05) is 19.4 Å². The van der Waals surface area contributed by atoms with Crippen molar-refractivity contribution in [1.82, 2.24) is 4.90 Å². The average molecular weight is 476 g/mol. The molecule has 0 bridgehead atoms. The minimum atomic E-state index is -3.47. The van der Waals surface area contributed by atoms with Gasteiger partial charge in [-0.3, -0.25) is 4.90 Å². The van der Waals surface area contributed by atoms with Crippen molar-refractivity contribution in [2.24, 2.45) is 0 Å². The van der Waals surface area contributed by atoms with Crippen LogP contribution in [0.3, 0.4) is 0 Å². The molecule has 2 aromatic rings. The third-order valence-electron chi connectivity index (χ3n) is 4.65. The molecule has 9 heteroatoms. The molecule has 1 amide bonds. The Balaban J connectivity index is 2.50. The molecule has 0 radical (unpaired) electrons. The molecule has 0 saturated carbocycles. The fourth-order valence-corrected chi connectivity index (χ4v) is 3.72. The molecular formula is C24H29NO7S. The Morgan fingerprint density at radius 3 is 2.09 bits per heavy atom. The van der Waals surface area contributed by atoms with E-state index in [0.29, 0.717) is 5.57 Å². The number of benzene rings is 2. The standard InChI is InChI=1S/C24H29NO7S/c1-24(2,3)32-23(29)25(15-14-19(16-26)17-8-6-5-7-9-17)21(22(27)28)18-10-12-20(13-11-18)33(4,30)31/h5-14,21,26H,15-16H2,1-4H3,(H,27,28). The zero-order valence-corrected chi connectivity index (χ0v) is 19.9. The van der Waals surface area contributed by atoms with Gasteiger partial charge < -0.3 is 14.9 Å². The van der Waals surface area contributed by atoms with Crippen molar-refractivity contribution in [3.8, 4) is 0 Å². The summed E-state index contributed by atoms with van der Waals surface area (Å²) in [5.41, 5.74) is 0.579. The number of aliphatic hydroxyl groups excluding tert-OH is 1. The molecule has 178 valence electrons. The number of aliphatic hydroxyl groups is 1. The van der Waals surface area contributed by atoms with Crippen LogP contribution in [0.2, 0.25) is 0 Å². The first-order valence-corrected chi connectivity index (χ1v) is 12.1. The molecule has 1 atom stereocenters. The molecule has 0 spiro atoms. The number of carbonyl (C=O) groups excluding carboxylic acids is 1. The summed E-state index contributed by atoms with van der Waals surface area (Å²) in [6.07, 6.45) is 1.76. The monoisotopic (exact) mass is 475 g/mol. The van der Waals surface area contributed by atoms with Gasteiger partial charge >= 0.3 is 12.1 Å². The van der Waals surface area contributed by atoms with Crippen molar-refractivity contribution in [3.05, 3.63) is 71.8 Å². The van der Waals surface area contributed by atoms with Gasteiger partial charge in [-0.1, -0.05) is 48.5 Å². The number of aliphatic carboxylic acids is 1. The van der Waals surface area contributed by atoms with E-state index in [1.54, 1.807) is 51.1 Å². The summed E-state index contributed by atoms with van der Waals surface area (Å²) in [7, 11) is -3.47. The van der Waals surface area contributed by atoms with Gasteiger partial charge in [0.2, 0.25) is 0 Å². The number of ether oxygens (including phenoxy) is 1. The number of carboxylic acid groups (broad SMARTS) is 1. The largest absolute Gasteiger partial charge is 0.479 e. The molecule has 0 heterocycles. The summed E-state index contributed by atoms with van der Waals surface area (Å²) >= 11 is 0. The number of carbonyl (C=O) groups is 2. The molecule has 0 saturated heterocycles. The lowest BCUT2D eigenvalue weighted by atomic mass is 10.0. The number of carboxylic acids is 1. The van der Waals surface area contributed by atoms with Gasteiger partial charge in [0.05, 0.1) is 11.5 Å². The predicted octanol–water partition coefficient (Wildman–Crippen LogP) is 3.53. The van der Waals surface area contributed by atoms with Crippen LogP contribution >= 0.6 is 0 Å². The van der Waals surface area contributed by atoms with Crippen LogP contribution in [0.1, 0.15) is 37.9 Å². The smallest absolute Gasteiger partial charge is 0.411 e. The third kappa shape index (κ3) is 7.44. The van der Waals surface area contributed by atoms with Gasteiger partial charge in [-0.2, -0.15) is 0 Å². The van der Waals surface area contributed by atoms with Crippen LogP contribution in [-0.2, 0) is 19.4 Å². The molecule has 2 aromatic carbocycles. The molecule has 0 fully saturated rings. The Hall–Kier alpha value is -3.17. The van der Waals surface area contributed by atoms with Gasteiger partial charge in [0.15, 0.2) is 15.9 Å². The number of hydrogen-bond acceptors (Lipinski definition) is 6. The lowest BCUT2D eigenvalue weighted by molar-refractivity contribution is -0.143. The maximum absolute atomic E-state index is 13.0. The van der Waals surface area contributed by atoms with Crippen LogP contribution in [0.15, 0.2) is 65.6 Å². The minimum Gasteiger partial charge on any atom is -0.479 e. The van der Waals surface area contributed by atoms with E-state index in [9.17, 15) is 28.2 Å². The van der Waals surface area contributed by atoms with E-state index in [1.807, 2.05) is 6.07 Å². The van der Waals surface area contributed by atoms with E-state index in [1.165, 1.54) is 24.3 Å². The number of nitrogens with zero attached hydrogens (tertiary/aromatic N) is 1. The van der Waals surface area contributed by atoms with Crippen molar-refractivity contribution in [3.63, 3.8) is 0 Å². The topological polar surface area (TPSA) is 121 Å². The van der Waals surface area contributed by atoms with E-state index in [2.05, 4.69) is 0 Å². The Kier molecular flexibility index (Phi) is 8.40. The maximum atomic E-state index is 13.0. The van der Waals surface area contributed by atoms with Gasteiger partial charge in [0.25, 0.3) is 0 Å². The maximum Gasteiger partial charge on any atom is 0.411 e. The summed E-state index contributed by atoms with van der Waals surface area (Å²) in [6.45, 7) is 4.52. The van der Waals surface area contributed by atoms with Gasteiger partial charge in [0.1, 0.15) is 5.60 Å². The van der Waals surface area contributed by atoms with Crippen LogP contribution in [-0.4, -0.2) is 60.6 Å². The zero-order valence-electron chi connectivity index (χ0n) is 19.1. The Labute approximate surface area is 194 Å². The van der Waals surface area contributed by atoms with Crippen molar-refractivity contribution in [1.29, 1.82) is 0 Å². The van der Waals surface area contributed by atoms with Gasteiger partial charge in [-0.25, -0.2) is 18.0 Å². The van der Waals surface area contributed by atoms with Crippen LogP contribution in [0, 0.1) is 0 Å². The van der Waals surface area contributed by atoms with Crippen LogP contribution in [0.25, 0.3) is 5.57 Å². The number of sulfone groups is 1. The lowest BCUT2D eigenvalue weighted by Crippen LogP contribution is -2.42. The molecule has 8 nitrogen and oxygen atoms in total. The van der Waals surface area contributed by atoms with Gasteiger partial charge in [-0.05, 0) is 49.6 Å². The van der Waals surface area contributed by atoms with Gasteiger partial charge in [-0.15, -0.1) is 0 Å². The fourth-order valence-electron chi connectivity index (χ4n) is 3.09. The number of amides is 1. The molecule has 0 aliphatic heterocycles. The van der Waals surface area contributed by atoms with Gasteiger partial charge in [0, 0.05) is 12.8 Å². The molecule has 0 aliphatic rings. The molecule has 0 aromatic heterocycles. The molecule has 0 aliphatic carbocycles. The SMILES string of the molecule is CC(C)(C)OC(=O)N(CC=C(CO)c1ccccc1)C(C(=O)O)c1ccc(S(C)(=O)=O)cc1. The molecular weight excluding hydrogens is 446 g/mol. The first kappa shape index (κ1) is 26.1. The molecule has 2 N–H and O–H groups in total. The highest BCUT2D eigenvalue weighted by molar-refractivity contribution is 7.90. The summed E-state index contributed by atoms with van der Waals surface area (Å²) in [5.74, 6) is -1.31. The number of hydrogen-bond donors (Lipinski definition) is 2. The van der Waals surface area contributed by atoms with Crippen LogP contribution in [0.4, 0.5) is 4.79 Å². The lowest BCUT2D eigenvalue weighted by Gasteiger charge is -2.31. The Morgan fingerprint density at radius 2 is 1.64 bits per heavy atom. The quantitative estimate of drug-likeness (QED) is 0.599. The van der Waals surface area contributed by atoms with Crippen LogP contribution < -0.4 is 0 Å². The first-order chi connectivity index (χ1) is 15.3. The highest BCUT2D eigenvalue weighted by atomic mass is 32.2. The first-order valence-electron chi connectivity index (χ1n) is 10.2. The highest BCUT2D eigenvalue weighted by Gasteiger charge is 2.34. The summed E-state index contributed by atoms with van der Waals surface area (Å²) in [6, 6.07) is 12.9. The molecule has 1 unspecified atom stereocenters. The fraction of sp³-hybridized carbons (Fsp3) is 0.333. The molecule has 33 heavy (non-hydrogen) atoms. The van der Waals surface area contributed by atoms with Crippen molar-refractivity contribution < 1.29 is 33.0 Å². The van der Waals surface area contributed by atoms with E-state index in [0.717, 1.165) is 16.7 Å². The normalized spacial score (nSPS) is 13.3. The zero-order chi connectivity index (χ0) is 24.8. The summed E-state index contributed by atoms with van der Waals surface area (Å²) < 4.78 is 29.0. The highest BCUT2D eigenvalue weighted by Crippen LogP contribution is 2.26. The average Bonchev–Trinajstić information content (AvgIpc) is 2.72. The summed E-state index contributed by atoms with van der Waals surface area (Å²) in [5, 5.41) is 19.8. The molecule has 2 rings (SSSR count). The van der Waals surface area contributed by atoms with E-state index >= 15 is 0 Å². The van der Waals surface area contributed by atoms with E-state index < -0.39 is 33.5 Å². The second-order valence-electron chi connectivity index (χ2n) is 8.47. The van der Waals surface area contributed by atoms with Crippen molar-refractivity contribution >= 4 is 27.5 Å². The van der Waals surface area contributed by atoms with Crippen molar-refractivity contribution in [2.45, 2.75) is 37.3 Å². The van der Waals surface area contributed by atoms with Crippen LogP contribution in [0.5, 0.6) is 0 Å². The minimum absolute atomic E-state index is 0.0331.